The van der Waals surface area contributed by atoms with Crippen LogP contribution in [0.2, 0.25) is 10.0 Å². The Bertz CT molecular complexity index is 1210. The Morgan fingerprint density at radius 1 is 1.03 bits per heavy atom. The maximum absolute atomic E-state index is 13.1. The highest BCUT2D eigenvalue weighted by Crippen LogP contribution is 2.65. The lowest BCUT2D eigenvalue weighted by atomic mass is 9.63. The van der Waals surface area contributed by atoms with Crippen molar-refractivity contribution in [3.05, 3.63) is 69.7 Å². The Hall–Kier alpha value is -2.83. The fourth-order valence-corrected chi connectivity index (χ4v) is 6.27. The third-order valence-electron chi connectivity index (χ3n) is 7.51. The van der Waals surface area contributed by atoms with Crippen molar-refractivity contribution in [2.45, 2.75) is 13.0 Å². The van der Waals surface area contributed by atoms with Gasteiger partial charge in [0.1, 0.15) is 6.61 Å². The summed E-state index contributed by atoms with van der Waals surface area (Å²) in [5.41, 5.74) is 1.53. The summed E-state index contributed by atoms with van der Waals surface area (Å²) in [6.45, 7) is 0.290. The first-order valence-corrected chi connectivity index (χ1v) is 12.1. The highest BCUT2D eigenvalue weighted by molar-refractivity contribution is 6.32. The van der Waals surface area contributed by atoms with E-state index in [2.05, 4.69) is 17.3 Å². The highest BCUT2D eigenvalue weighted by atomic mass is 35.5. The molecule has 0 radical (unpaired) electrons. The number of methoxy groups -OCH3 is 1. The van der Waals surface area contributed by atoms with Crippen LogP contribution in [-0.4, -0.2) is 30.1 Å². The smallest absolute Gasteiger partial charge is 0.254 e. The quantitative estimate of drug-likeness (QED) is 0.321. The average molecular weight is 497 g/mol. The average Bonchev–Trinajstić information content (AvgIpc) is 3.62. The van der Waals surface area contributed by atoms with E-state index in [-0.39, 0.29) is 35.5 Å². The van der Waals surface area contributed by atoms with Crippen LogP contribution in [0.3, 0.4) is 0 Å². The van der Waals surface area contributed by atoms with Crippen molar-refractivity contribution in [2.24, 2.45) is 40.6 Å². The van der Waals surface area contributed by atoms with E-state index in [4.69, 9.17) is 32.7 Å². The van der Waals surface area contributed by atoms with Crippen molar-refractivity contribution in [1.29, 1.82) is 0 Å². The van der Waals surface area contributed by atoms with Gasteiger partial charge in [-0.3, -0.25) is 9.59 Å². The maximum atomic E-state index is 13.1. The molecule has 34 heavy (non-hydrogen) atoms. The number of halogens is 2. The minimum absolute atomic E-state index is 0.170. The lowest BCUT2D eigenvalue weighted by Crippen LogP contribution is -2.40. The number of rotatable bonds is 6. The van der Waals surface area contributed by atoms with Crippen LogP contribution >= 0.6 is 23.2 Å². The number of benzene rings is 2. The molecule has 7 rings (SSSR count). The van der Waals surface area contributed by atoms with Crippen LogP contribution in [0, 0.1) is 35.5 Å². The van der Waals surface area contributed by atoms with Gasteiger partial charge in [-0.15, -0.1) is 0 Å². The topological polar surface area (TPSA) is 68.2 Å². The van der Waals surface area contributed by atoms with Gasteiger partial charge in [-0.1, -0.05) is 47.5 Å². The number of hydrazone groups is 1. The first-order chi connectivity index (χ1) is 16.5. The summed E-state index contributed by atoms with van der Waals surface area (Å²) in [5, 5.41) is 6.32. The third-order valence-corrected chi connectivity index (χ3v) is 8.04. The number of amides is 2. The Labute approximate surface area is 207 Å². The first-order valence-electron chi connectivity index (χ1n) is 11.3. The highest BCUT2D eigenvalue weighted by Gasteiger charge is 2.67. The van der Waals surface area contributed by atoms with Crippen LogP contribution in [0.4, 0.5) is 0 Å². The second-order valence-corrected chi connectivity index (χ2v) is 10.2. The summed E-state index contributed by atoms with van der Waals surface area (Å²) >= 11 is 12.4. The fraction of sp³-hybridized carbons (Fsp3) is 0.346. The fourth-order valence-electron chi connectivity index (χ4n) is 5.87. The van der Waals surface area contributed by atoms with Gasteiger partial charge in [0.05, 0.1) is 30.2 Å². The molecule has 1 heterocycles. The molecule has 2 aromatic carbocycles. The molecule has 2 amide bonds. The SMILES string of the molecule is COc1cc(/C=N\N2C(=O)[C@@H]3[C@H]4C=C[C@@H]([C@@H]5C[C@@H]45)[C@H]3C2=O)cc(Cl)c1OCc1ccc(Cl)cc1. The van der Waals surface area contributed by atoms with Gasteiger partial charge in [0, 0.05) is 5.02 Å². The Balaban J connectivity index is 1.20. The second-order valence-electron chi connectivity index (χ2n) is 9.34. The molecule has 174 valence electrons. The zero-order valence-corrected chi connectivity index (χ0v) is 19.9. The maximum Gasteiger partial charge on any atom is 0.254 e. The van der Waals surface area contributed by atoms with E-state index < -0.39 is 0 Å². The second kappa shape index (κ2) is 8.14. The zero-order valence-electron chi connectivity index (χ0n) is 18.4. The summed E-state index contributed by atoms with van der Waals surface area (Å²) in [6, 6.07) is 10.7. The number of hydrogen-bond donors (Lipinski definition) is 0. The van der Waals surface area contributed by atoms with E-state index in [1.807, 2.05) is 12.1 Å². The molecule has 0 aromatic heterocycles. The molecule has 4 aliphatic carbocycles. The molecule has 2 aromatic rings. The summed E-state index contributed by atoms with van der Waals surface area (Å²) < 4.78 is 11.4. The molecular weight excluding hydrogens is 475 g/mol. The van der Waals surface area contributed by atoms with Gasteiger partial charge >= 0.3 is 0 Å². The van der Waals surface area contributed by atoms with E-state index in [1.54, 1.807) is 24.3 Å². The van der Waals surface area contributed by atoms with Crippen molar-refractivity contribution in [3.8, 4) is 11.5 Å². The van der Waals surface area contributed by atoms with Gasteiger partial charge in [-0.25, -0.2) is 0 Å². The molecule has 6 nitrogen and oxygen atoms in total. The largest absolute Gasteiger partial charge is 0.493 e. The predicted molar refractivity (Wildman–Crippen MR) is 128 cm³/mol. The van der Waals surface area contributed by atoms with E-state index in [1.165, 1.54) is 13.3 Å². The molecule has 8 heteroatoms. The van der Waals surface area contributed by atoms with Gasteiger partial charge in [0.15, 0.2) is 11.5 Å². The van der Waals surface area contributed by atoms with E-state index in [9.17, 15) is 9.59 Å². The van der Waals surface area contributed by atoms with Crippen LogP contribution in [-0.2, 0) is 16.2 Å². The van der Waals surface area contributed by atoms with Crippen molar-refractivity contribution < 1.29 is 19.1 Å². The third kappa shape index (κ3) is 3.43. The molecule has 0 N–H and O–H groups in total. The van der Waals surface area contributed by atoms with Crippen LogP contribution in [0.5, 0.6) is 11.5 Å². The molecule has 2 bridgehead atoms. The monoisotopic (exact) mass is 496 g/mol. The van der Waals surface area contributed by atoms with Crippen molar-refractivity contribution >= 4 is 41.2 Å². The number of imide groups is 1. The lowest BCUT2D eigenvalue weighted by molar-refractivity contribution is -0.140. The Kier molecular flexibility index (Phi) is 5.19. The standard InChI is InChI=1S/C26H22Cl2N2O4/c1-33-21-9-14(8-20(28)24(21)34-12-13-2-4-15(27)5-3-13)11-29-30-25(31)22-16-6-7-17(19-10-18(16)19)23(22)26(30)32/h2-9,11,16-19,22-23H,10,12H2,1H3/b29-11-/t16-,17-,18-,19-,22+,23+/m0/s1. The van der Waals surface area contributed by atoms with E-state index >= 15 is 0 Å². The summed E-state index contributed by atoms with van der Waals surface area (Å²) in [6.07, 6.45) is 6.89. The number of allylic oxidation sites excluding steroid dienone is 2. The Morgan fingerprint density at radius 2 is 1.68 bits per heavy atom. The number of hydrogen-bond acceptors (Lipinski definition) is 5. The predicted octanol–water partition coefficient (Wildman–Crippen LogP) is 4.97. The lowest BCUT2D eigenvalue weighted by Gasteiger charge is -2.37. The number of carbonyl (C=O) groups is 2. The zero-order chi connectivity index (χ0) is 23.6. The van der Waals surface area contributed by atoms with Crippen molar-refractivity contribution in [2.75, 3.05) is 7.11 Å². The number of carbonyl (C=O) groups excluding carboxylic acids is 2. The van der Waals surface area contributed by atoms with Gasteiger partial charge < -0.3 is 9.47 Å². The number of ether oxygens (including phenoxy) is 2. The summed E-state index contributed by atoms with van der Waals surface area (Å²) in [7, 11) is 1.52. The van der Waals surface area contributed by atoms with E-state index in [0.29, 0.717) is 45.6 Å². The van der Waals surface area contributed by atoms with Gasteiger partial charge in [0.2, 0.25) is 0 Å². The molecule has 1 saturated heterocycles. The van der Waals surface area contributed by atoms with Crippen molar-refractivity contribution in [1.82, 2.24) is 5.01 Å². The molecule has 0 unspecified atom stereocenters. The molecule has 6 atom stereocenters. The Morgan fingerprint density at radius 3 is 2.29 bits per heavy atom. The molecule has 1 aliphatic heterocycles. The van der Waals surface area contributed by atoms with Gasteiger partial charge in [-0.05, 0) is 65.5 Å². The van der Waals surface area contributed by atoms with Crippen LogP contribution < -0.4 is 9.47 Å². The minimum Gasteiger partial charge on any atom is -0.493 e. The molecule has 3 fully saturated rings. The van der Waals surface area contributed by atoms with Crippen LogP contribution in [0.25, 0.3) is 0 Å². The van der Waals surface area contributed by atoms with Gasteiger partial charge in [0.25, 0.3) is 11.8 Å². The number of nitrogens with zero attached hydrogens (tertiary/aromatic N) is 2. The molecule has 2 saturated carbocycles. The first kappa shape index (κ1) is 21.7. The molecule has 5 aliphatic rings. The van der Waals surface area contributed by atoms with Crippen molar-refractivity contribution in [3.63, 3.8) is 0 Å². The molecular formula is C26H22Cl2N2O4. The van der Waals surface area contributed by atoms with Crippen LogP contribution in [0.1, 0.15) is 17.5 Å². The molecule has 0 spiro atoms. The summed E-state index contributed by atoms with van der Waals surface area (Å²) in [4.78, 5) is 26.2. The minimum atomic E-state index is -0.273. The normalized spacial score (nSPS) is 30.6. The van der Waals surface area contributed by atoms with Gasteiger partial charge in [-0.2, -0.15) is 10.1 Å². The van der Waals surface area contributed by atoms with E-state index in [0.717, 1.165) is 17.0 Å². The van der Waals surface area contributed by atoms with Crippen LogP contribution in [0.15, 0.2) is 53.7 Å². The summed E-state index contributed by atoms with van der Waals surface area (Å²) in [5.74, 6) is 1.34.